The number of fused-ring (bicyclic) bond motifs is 1. The minimum atomic E-state index is -0.816. The molecule has 1 aliphatic carbocycles. The lowest BCUT2D eigenvalue weighted by molar-refractivity contribution is -0.127. The van der Waals surface area contributed by atoms with Crippen LogP contribution in [-0.2, 0) is 30.8 Å². The van der Waals surface area contributed by atoms with Gasteiger partial charge in [0.05, 0.1) is 18.4 Å². The SMILES string of the molecule is O=C(NCc1cnc2n1CCN(Cc1ccc(F)c(F)c1)CC2)C1CCC1. The Hall–Kier alpha value is -2.28. The lowest BCUT2D eigenvalue weighted by atomic mass is 9.85. The zero-order chi connectivity index (χ0) is 18.8. The van der Waals surface area contributed by atoms with Gasteiger partial charge in [-0.2, -0.15) is 0 Å². The summed E-state index contributed by atoms with van der Waals surface area (Å²) in [4.78, 5) is 18.8. The molecule has 27 heavy (non-hydrogen) atoms. The first kappa shape index (κ1) is 18.1. The van der Waals surface area contributed by atoms with Gasteiger partial charge < -0.3 is 9.88 Å². The summed E-state index contributed by atoms with van der Waals surface area (Å²) in [5.74, 6) is -0.285. The van der Waals surface area contributed by atoms with Crippen molar-refractivity contribution in [1.82, 2.24) is 19.8 Å². The number of carbonyl (C=O) groups is 1. The summed E-state index contributed by atoms with van der Waals surface area (Å²) < 4.78 is 28.7. The van der Waals surface area contributed by atoms with Crippen molar-refractivity contribution in [3.05, 3.63) is 53.1 Å². The van der Waals surface area contributed by atoms with E-state index in [1.165, 1.54) is 12.1 Å². The molecule has 0 unspecified atom stereocenters. The average Bonchev–Trinajstić information content (AvgIpc) is 2.88. The molecular weight excluding hydrogens is 350 g/mol. The van der Waals surface area contributed by atoms with E-state index in [9.17, 15) is 13.6 Å². The van der Waals surface area contributed by atoms with Crippen LogP contribution < -0.4 is 5.32 Å². The van der Waals surface area contributed by atoms with Crippen LogP contribution in [0, 0.1) is 17.6 Å². The summed E-state index contributed by atoms with van der Waals surface area (Å²) in [5.41, 5.74) is 1.79. The molecular formula is C20H24F2N4O. The van der Waals surface area contributed by atoms with Crippen LogP contribution in [0.25, 0.3) is 0 Å². The van der Waals surface area contributed by atoms with Crippen molar-refractivity contribution in [2.45, 2.75) is 45.3 Å². The van der Waals surface area contributed by atoms with Crippen LogP contribution in [-0.4, -0.2) is 33.4 Å². The molecule has 144 valence electrons. The van der Waals surface area contributed by atoms with Crippen molar-refractivity contribution in [2.75, 3.05) is 13.1 Å². The number of carbonyl (C=O) groups excluding carboxylic acids is 1. The third-order valence-electron chi connectivity index (χ3n) is 5.62. The first-order chi connectivity index (χ1) is 13.1. The van der Waals surface area contributed by atoms with Gasteiger partial charge in [-0.15, -0.1) is 0 Å². The normalized spacial score (nSPS) is 17.9. The highest BCUT2D eigenvalue weighted by Crippen LogP contribution is 2.26. The Morgan fingerprint density at radius 2 is 2.04 bits per heavy atom. The van der Waals surface area contributed by atoms with Crippen molar-refractivity contribution in [1.29, 1.82) is 0 Å². The summed E-state index contributed by atoms with van der Waals surface area (Å²) in [6.07, 6.45) is 5.78. The second kappa shape index (κ2) is 7.76. The largest absolute Gasteiger partial charge is 0.350 e. The number of hydrogen-bond acceptors (Lipinski definition) is 3. The second-order valence-corrected chi connectivity index (χ2v) is 7.44. The average molecular weight is 374 g/mol. The van der Waals surface area contributed by atoms with Crippen molar-refractivity contribution in [3.8, 4) is 0 Å². The molecule has 0 atom stereocenters. The number of rotatable bonds is 5. The van der Waals surface area contributed by atoms with Gasteiger partial charge in [0.15, 0.2) is 11.6 Å². The topological polar surface area (TPSA) is 50.2 Å². The smallest absolute Gasteiger partial charge is 0.223 e. The summed E-state index contributed by atoms with van der Waals surface area (Å²) in [6.45, 7) is 3.46. The van der Waals surface area contributed by atoms with Gasteiger partial charge in [-0.3, -0.25) is 9.69 Å². The molecule has 1 saturated carbocycles. The highest BCUT2D eigenvalue weighted by molar-refractivity contribution is 5.79. The van der Waals surface area contributed by atoms with Crippen LogP contribution in [0.2, 0.25) is 0 Å². The Morgan fingerprint density at radius 1 is 1.19 bits per heavy atom. The molecule has 1 aliphatic heterocycles. The molecule has 0 radical (unpaired) electrons. The molecule has 0 saturated heterocycles. The summed E-state index contributed by atoms with van der Waals surface area (Å²) in [5, 5.41) is 3.03. The predicted octanol–water partition coefficient (Wildman–Crippen LogP) is 2.64. The summed E-state index contributed by atoms with van der Waals surface area (Å²) >= 11 is 0. The monoisotopic (exact) mass is 374 g/mol. The molecule has 1 N–H and O–H groups in total. The maximum Gasteiger partial charge on any atom is 0.223 e. The van der Waals surface area contributed by atoms with E-state index in [0.717, 1.165) is 62.4 Å². The van der Waals surface area contributed by atoms with Crippen molar-refractivity contribution in [2.24, 2.45) is 5.92 Å². The fourth-order valence-corrected chi connectivity index (χ4v) is 3.73. The Kier molecular flexibility index (Phi) is 5.20. The number of halogens is 2. The minimum absolute atomic E-state index is 0.144. The number of aromatic nitrogens is 2. The van der Waals surface area contributed by atoms with Crippen LogP contribution in [0.5, 0.6) is 0 Å². The van der Waals surface area contributed by atoms with Crippen LogP contribution >= 0.6 is 0 Å². The molecule has 2 aromatic rings. The Morgan fingerprint density at radius 3 is 2.78 bits per heavy atom. The molecule has 2 aliphatic rings. The van der Waals surface area contributed by atoms with E-state index in [-0.39, 0.29) is 11.8 Å². The molecule has 7 heteroatoms. The van der Waals surface area contributed by atoms with E-state index in [2.05, 4.69) is 19.8 Å². The van der Waals surface area contributed by atoms with E-state index >= 15 is 0 Å². The maximum atomic E-state index is 13.4. The van der Waals surface area contributed by atoms with Crippen LogP contribution in [0.15, 0.2) is 24.4 Å². The highest BCUT2D eigenvalue weighted by Gasteiger charge is 2.25. The van der Waals surface area contributed by atoms with E-state index in [1.807, 2.05) is 6.20 Å². The van der Waals surface area contributed by atoms with Crippen LogP contribution in [0.4, 0.5) is 8.78 Å². The van der Waals surface area contributed by atoms with Crippen molar-refractivity contribution in [3.63, 3.8) is 0 Å². The van der Waals surface area contributed by atoms with Crippen LogP contribution in [0.3, 0.4) is 0 Å². The van der Waals surface area contributed by atoms with Gasteiger partial charge in [0.1, 0.15) is 5.82 Å². The van der Waals surface area contributed by atoms with E-state index in [0.29, 0.717) is 13.1 Å². The quantitative estimate of drug-likeness (QED) is 0.875. The van der Waals surface area contributed by atoms with E-state index in [1.54, 1.807) is 6.07 Å². The van der Waals surface area contributed by atoms with Crippen molar-refractivity contribution < 1.29 is 13.6 Å². The van der Waals surface area contributed by atoms with Gasteiger partial charge in [0, 0.05) is 38.5 Å². The molecule has 0 spiro atoms. The Bertz CT molecular complexity index is 831. The molecule has 1 amide bonds. The Balaban J connectivity index is 1.36. The van der Waals surface area contributed by atoms with Gasteiger partial charge in [-0.05, 0) is 30.5 Å². The lowest BCUT2D eigenvalue weighted by Gasteiger charge is -2.24. The fraction of sp³-hybridized carbons (Fsp3) is 0.500. The number of nitrogens with zero attached hydrogens (tertiary/aromatic N) is 3. The fourth-order valence-electron chi connectivity index (χ4n) is 3.73. The summed E-state index contributed by atoms with van der Waals surface area (Å²) in [7, 11) is 0. The first-order valence-electron chi connectivity index (χ1n) is 9.57. The van der Waals surface area contributed by atoms with Gasteiger partial charge in [0.2, 0.25) is 5.91 Å². The molecule has 4 rings (SSSR count). The minimum Gasteiger partial charge on any atom is -0.350 e. The lowest BCUT2D eigenvalue weighted by Crippen LogP contribution is -2.34. The van der Waals surface area contributed by atoms with E-state index in [4.69, 9.17) is 0 Å². The molecule has 0 bridgehead atoms. The molecule has 1 aromatic heterocycles. The third kappa shape index (κ3) is 4.03. The van der Waals surface area contributed by atoms with Gasteiger partial charge >= 0.3 is 0 Å². The number of nitrogens with one attached hydrogen (secondary N) is 1. The van der Waals surface area contributed by atoms with Gasteiger partial charge in [-0.25, -0.2) is 13.8 Å². The van der Waals surface area contributed by atoms with Gasteiger partial charge in [0.25, 0.3) is 0 Å². The molecule has 1 aromatic carbocycles. The third-order valence-corrected chi connectivity index (χ3v) is 5.62. The number of hydrogen-bond donors (Lipinski definition) is 1. The van der Waals surface area contributed by atoms with Gasteiger partial charge in [-0.1, -0.05) is 12.5 Å². The van der Waals surface area contributed by atoms with Crippen molar-refractivity contribution >= 4 is 5.91 Å². The number of amides is 1. The molecule has 5 nitrogen and oxygen atoms in total. The van der Waals surface area contributed by atoms with Crippen LogP contribution in [0.1, 0.15) is 36.3 Å². The molecule has 2 heterocycles. The maximum absolute atomic E-state index is 13.4. The first-order valence-corrected chi connectivity index (χ1v) is 9.57. The predicted molar refractivity (Wildman–Crippen MR) is 96.8 cm³/mol. The summed E-state index contributed by atoms with van der Waals surface area (Å²) in [6, 6.07) is 4.07. The number of imidazole rings is 1. The Labute approximate surface area is 157 Å². The zero-order valence-electron chi connectivity index (χ0n) is 15.3. The number of benzene rings is 1. The second-order valence-electron chi connectivity index (χ2n) is 7.44. The standard InChI is InChI=1S/C20H24F2N4O/c21-17-5-4-14(10-18(17)22)13-25-7-6-19-23-11-16(26(19)9-8-25)12-24-20(27)15-2-1-3-15/h4-5,10-11,15H,1-3,6-9,12-13H2,(H,24,27). The van der Waals surface area contributed by atoms with E-state index < -0.39 is 11.6 Å². The zero-order valence-corrected chi connectivity index (χ0v) is 15.3. The highest BCUT2D eigenvalue weighted by atomic mass is 19.2. The molecule has 1 fully saturated rings.